The van der Waals surface area contributed by atoms with Crippen molar-refractivity contribution in [3.8, 4) is 0 Å². The summed E-state index contributed by atoms with van der Waals surface area (Å²) in [6.07, 6.45) is 4.42. The predicted molar refractivity (Wildman–Crippen MR) is 51.1 cm³/mol. The molecule has 0 N–H and O–H groups in total. The molecule has 66 valence electrons. The van der Waals surface area contributed by atoms with E-state index in [9.17, 15) is 4.79 Å². The highest BCUT2D eigenvalue weighted by molar-refractivity contribution is 6.01. The first-order chi connectivity index (χ1) is 6.36. The summed E-state index contributed by atoms with van der Waals surface area (Å²) in [5, 5.41) is 0. The van der Waals surface area contributed by atoms with Crippen molar-refractivity contribution in [2.45, 2.75) is 31.6 Å². The maximum Gasteiger partial charge on any atom is 0.163 e. The third-order valence-electron chi connectivity index (χ3n) is 3.34. The summed E-state index contributed by atoms with van der Waals surface area (Å²) in [5.74, 6) is 0.927. The Bertz CT molecular complexity index is 379. The molecule has 1 aromatic rings. The molecular formula is C12H12O. The van der Waals surface area contributed by atoms with Crippen molar-refractivity contribution in [2.24, 2.45) is 0 Å². The van der Waals surface area contributed by atoms with Gasteiger partial charge in [-0.25, -0.2) is 0 Å². The average Bonchev–Trinajstić information content (AvgIpc) is 2.47. The van der Waals surface area contributed by atoms with Crippen molar-refractivity contribution in [2.75, 3.05) is 0 Å². The quantitative estimate of drug-likeness (QED) is 0.588. The fourth-order valence-corrected chi connectivity index (χ4v) is 2.78. The number of hydrogen-bond acceptors (Lipinski definition) is 1. The lowest BCUT2D eigenvalue weighted by molar-refractivity contribution is 0.0988. The summed E-state index contributed by atoms with van der Waals surface area (Å²) in [6.45, 7) is 0. The van der Waals surface area contributed by atoms with Crippen molar-refractivity contribution < 1.29 is 4.79 Å². The first-order valence-corrected chi connectivity index (χ1v) is 5.01. The minimum atomic E-state index is 0.365. The Morgan fingerprint density at radius 3 is 3.15 bits per heavy atom. The molecule has 0 radical (unpaired) electrons. The molecule has 0 saturated heterocycles. The van der Waals surface area contributed by atoms with Crippen LogP contribution in [0.1, 0.15) is 46.7 Å². The van der Waals surface area contributed by atoms with E-state index in [2.05, 4.69) is 6.07 Å². The molecule has 13 heavy (non-hydrogen) atoms. The van der Waals surface area contributed by atoms with E-state index in [-0.39, 0.29) is 0 Å². The Hall–Kier alpha value is -1.11. The van der Waals surface area contributed by atoms with Gasteiger partial charge in [0.25, 0.3) is 0 Å². The maximum atomic E-state index is 11.6. The lowest BCUT2D eigenvalue weighted by Gasteiger charge is -2.20. The topological polar surface area (TPSA) is 17.1 Å². The third kappa shape index (κ3) is 0.902. The van der Waals surface area contributed by atoms with E-state index in [1.54, 1.807) is 0 Å². The van der Waals surface area contributed by atoms with Crippen molar-refractivity contribution in [3.63, 3.8) is 0 Å². The maximum absolute atomic E-state index is 11.6. The minimum Gasteiger partial charge on any atom is -0.294 e. The van der Waals surface area contributed by atoms with Gasteiger partial charge in [-0.2, -0.15) is 0 Å². The van der Waals surface area contributed by atoms with Gasteiger partial charge in [-0.15, -0.1) is 0 Å². The SMILES string of the molecule is O=C1C[C@H]2CCCc3cccc1c32. The van der Waals surface area contributed by atoms with Crippen LogP contribution in [-0.4, -0.2) is 5.78 Å². The van der Waals surface area contributed by atoms with Gasteiger partial charge in [-0.1, -0.05) is 18.2 Å². The van der Waals surface area contributed by atoms with Crippen LogP contribution in [-0.2, 0) is 6.42 Å². The number of ketones is 1. The van der Waals surface area contributed by atoms with Crippen LogP contribution in [0, 0.1) is 0 Å². The second kappa shape index (κ2) is 2.44. The van der Waals surface area contributed by atoms with Gasteiger partial charge < -0.3 is 0 Å². The van der Waals surface area contributed by atoms with Crippen LogP contribution >= 0.6 is 0 Å². The summed E-state index contributed by atoms with van der Waals surface area (Å²) in [4.78, 5) is 11.6. The number of carbonyl (C=O) groups is 1. The molecule has 1 atom stereocenters. The van der Waals surface area contributed by atoms with Crippen LogP contribution in [0.5, 0.6) is 0 Å². The summed E-state index contributed by atoms with van der Waals surface area (Å²) < 4.78 is 0. The van der Waals surface area contributed by atoms with Gasteiger partial charge in [0, 0.05) is 12.0 Å². The molecule has 3 rings (SSSR count). The Morgan fingerprint density at radius 1 is 1.31 bits per heavy atom. The third-order valence-corrected chi connectivity index (χ3v) is 3.34. The van der Waals surface area contributed by atoms with Gasteiger partial charge >= 0.3 is 0 Å². The van der Waals surface area contributed by atoms with Crippen molar-refractivity contribution in [1.29, 1.82) is 0 Å². The Morgan fingerprint density at radius 2 is 2.23 bits per heavy atom. The van der Waals surface area contributed by atoms with Gasteiger partial charge in [0.05, 0.1) is 0 Å². The minimum absolute atomic E-state index is 0.365. The van der Waals surface area contributed by atoms with E-state index >= 15 is 0 Å². The molecular weight excluding hydrogens is 160 g/mol. The van der Waals surface area contributed by atoms with Crippen LogP contribution in [0.4, 0.5) is 0 Å². The van der Waals surface area contributed by atoms with Crippen LogP contribution < -0.4 is 0 Å². The number of rotatable bonds is 0. The second-order valence-electron chi connectivity index (χ2n) is 4.09. The molecule has 0 unspecified atom stereocenters. The molecule has 0 heterocycles. The van der Waals surface area contributed by atoms with E-state index < -0.39 is 0 Å². The summed E-state index contributed by atoms with van der Waals surface area (Å²) in [6, 6.07) is 6.20. The summed E-state index contributed by atoms with van der Waals surface area (Å²) >= 11 is 0. The molecule has 1 aromatic carbocycles. The van der Waals surface area contributed by atoms with Gasteiger partial charge in [0.2, 0.25) is 0 Å². The molecule has 0 aliphatic heterocycles. The highest BCUT2D eigenvalue weighted by Gasteiger charge is 2.32. The Labute approximate surface area is 77.8 Å². The molecule has 2 aliphatic carbocycles. The van der Waals surface area contributed by atoms with E-state index in [4.69, 9.17) is 0 Å². The molecule has 0 aromatic heterocycles. The van der Waals surface area contributed by atoms with E-state index in [0.29, 0.717) is 11.7 Å². The normalized spacial score (nSPS) is 24.6. The number of hydrogen-bond donors (Lipinski definition) is 0. The highest BCUT2D eigenvalue weighted by Crippen LogP contribution is 2.42. The van der Waals surface area contributed by atoms with Crippen molar-refractivity contribution in [3.05, 3.63) is 34.9 Å². The van der Waals surface area contributed by atoms with Gasteiger partial charge in [-0.3, -0.25) is 4.79 Å². The zero-order chi connectivity index (χ0) is 8.84. The van der Waals surface area contributed by atoms with Gasteiger partial charge in [0.1, 0.15) is 0 Å². The molecule has 0 fully saturated rings. The first kappa shape index (κ1) is 7.31. The molecule has 2 aliphatic rings. The van der Waals surface area contributed by atoms with Crippen LogP contribution in [0.15, 0.2) is 18.2 Å². The Kier molecular flexibility index (Phi) is 1.37. The van der Waals surface area contributed by atoms with Crippen LogP contribution in [0.3, 0.4) is 0 Å². The standard InChI is InChI=1S/C12H12O/c13-11-7-9-5-1-3-8-4-2-6-10(11)12(8)9/h2,4,6,9H,1,3,5,7H2/t9-/m1/s1. The number of carbonyl (C=O) groups excluding carboxylic acids is 1. The van der Waals surface area contributed by atoms with Crippen molar-refractivity contribution >= 4 is 5.78 Å². The van der Waals surface area contributed by atoms with Gasteiger partial charge in [0.15, 0.2) is 5.78 Å². The fourth-order valence-electron chi connectivity index (χ4n) is 2.78. The second-order valence-corrected chi connectivity index (χ2v) is 4.09. The smallest absolute Gasteiger partial charge is 0.163 e. The number of Topliss-reactive ketones (excluding diaryl/α,β-unsaturated/α-hetero) is 1. The van der Waals surface area contributed by atoms with E-state index in [1.807, 2.05) is 12.1 Å². The zero-order valence-electron chi connectivity index (χ0n) is 7.55. The molecule has 1 heteroatoms. The monoisotopic (exact) mass is 172 g/mol. The molecule has 0 saturated carbocycles. The molecule has 0 spiro atoms. The summed E-state index contributed by atoms with van der Waals surface area (Å²) in [7, 11) is 0. The summed E-state index contributed by atoms with van der Waals surface area (Å²) in [5.41, 5.74) is 3.83. The Balaban J connectivity index is 2.28. The first-order valence-electron chi connectivity index (χ1n) is 5.01. The van der Waals surface area contributed by atoms with Gasteiger partial charge in [-0.05, 0) is 36.3 Å². The zero-order valence-corrected chi connectivity index (χ0v) is 7.55. The van der Waals surface area contributed by atoms with Crippen molar-refractivity contribution in [1.82, 2.24) is 0 Å². The average molecular weight is 172 g/mol. The molecule has 0 bridgehead atoms. The number of benzene rings is 1. The van der Waals surface area contributed by atoms with Crippen LogP contribution in [0.25, 0.3) is 0 Å². The number of aryl methyl sites for hydroxylation is 1. The predicted octanol–water partition coefficient (Wildman–Crippen LogP) is 2.69. The van der Waals surface area contributed by atoms with E-state index in [1.165, 1.54) is 30.4 Å². The molecule has 1 nitrogen and oxygen atoms in total. The fraction of sp³-hybridized carbons (Fsp3) is 0.417. The lowest BCUT2D eigenvalue weighted by atomic mass is 9.84. The highest BCUT2D eigenvalue weighted by atomic mass is 16.1. The largest absolute Gasteiger partial charge is 0.294 e. The lowest BCUT2D eigenvalue weighted by Crippen LogP contribution is -2.05. The van der Waals surface area contributed by atoms with E-state index in [0.717, 1.165) is 12.0 Å². The van der Waals surface area contributed by atoms with Crippen LogP contribution in [0.2, 0.25) is 0 Å². The molecule has 0 amide bonds.